The maximum Gasteiger partial charge on any atom is 0.280 e. The van der Waals surface area contributed by atoms with E-state index in [4.69, 9.17) is 5.73 Å². The van der Waals surface area contributed by atoms with E-state index >= 15 is 0 Å². The Kier molecular flexibility index (Phi) is 5.34. The van der Waals surface area contributed by atoms with Crippen molar-refractivity contribution < 1.29 is 8.42 Å². The molecule has 124 valence electrons. The van der Waals surface area contributed by atoms with Crippen LogP contribution in [0.4, 0.5) is 0 Å². The Balaban J connectivity index is 2.15. The first-order chi connectivity index (χ1) is 9.79. The minimum Gasteiger partial charge on any atom is -0.329 e. The van der Waals surface area contributed by atoms with E-state index in [0.717, 1.165) is 25.7 Å². The van der Waals surface area contributed by atoms with Gasteiger partial charge in [-0.2, -0.15) is 17.4 Å². The molecule has 2 aliphatic rings. The highest BCUT2D eigenvalue weighted by Crippen LogP contribution is 2.34. The van der Waals surface area contributed by atoms with E-state index in [1.54, 1.807) is 4.31 Å². The standard InChI is InChI=1S/C15H31N3O2S/c1-12-8-13(2)10-18(9-12)21(19,20)17-15(11-16)7-5-4-6-14(15)3/h12-14,17H,4-11,16H2,1-3H3. The van der Waals surface area contributed by atoms with E-state index in [-0.39, 0.29) is 0 Å². The fraction of sp³-hybridized carbons (Fsp3) is 1.00. The van der Waals surface area contributed by atoms with E-state index in [2.05, 4.69) is 25.5 Å². The van der Waals surface area contributed by atoms with Crippen LogP contribution in [0.5, 0.6) is 0 Å². The molecule has 21 heavy (non-hydrogen) atoms. The molecule has 0 amide bonds. The topological polar surface area (TPSA) is 75.4 Å². The van der Waals surface area contributed by atoms with Crippen molar-refractivity contribution in [2.24, 2.45) is 23.5 Å². The third-order valence-corrected chi connectivity index (χ3v) is 6.97. The van der Waals surface area contributed by atoms with E-state index in [9.17, 15) is 8.42 Å². The summed E-state index contributed by atoms with van der Waals surface area (Å²) in [6, 6.07) is 0. The van der Waals surface area contributed by atoms with Crippen molar-refractivity contribution in [2.45, 2.75) is 58.4 Å². The Hall–Kier alpha value is -0.170. The zero-order valence-electron chi connectivity index (χ0n) is 13.6. The summed E-state index contributed by atoms with van der Waals surface area (Å²) in [6.07, 6.45) is 5.22. The molecule has 0 radical (unpaired) electrons. The van der Waals surface area contributed by atoms with Crippen LogP contribution in [-0.4, -0.2) is 37.9 Å². The first-order valence-corrected chi connectivity index (χ1v) is 9.72. The number of nitrogens with two attached hydrogens (primary N) is 1. The van der Waals surface area contributed by atoms with Gasteiger partial charge in [-0.25, -0.2) is 0 Å². The van der Waals surface area contributed by atoms with Gasteiger partial charge in [0.1, 0.15) is 0 Å². The van der Waals surface area contributed by atoms with Crippen molar-refractivity contribution in [3.8, 4) is 0 Å². The summed E-state index contributed by atoms with van der Waals surface area (Å²) in [6.45, 7) is 7.99. The number of nitrogens with one attached hydrogen (secondary N) is 1. The summed E-state index contributed by atoms with van der Waals surface area (Å²) in [5.74, 6) is 1.14. The van der Waals surface area contributed by atoms with Gasteiger partial charge >= 0.3 is 0 Å². The quantitative estimate of drug-likeness (QED) is 0.829. The summed E-state index contributed by atoms with van der Waals surface area (Å²) >= 11 is 0. The van der Waals surface area contributed by atoms with Gasteiger partial charge < -0.3 is 5.73 Å². The molecule has 3 N–H and O–H groups in total. The maximum atomic E-state index is 12.8. The van der Waals surface area contributed by atoms with Crippen LogP contribution in [0.2, 0.25) is 0 Å². The van der Waals surface area contributed by atoms with Crippen molar-refractivity contribution in [1.82, 2.24) is 9.03 Å². The SMILES string of the molecule is CC1CC(C)CN(S(=O)(=O)NC2(CN)CCCCC2C)C1. The zero-order valence-corrected chi connectivity index (χ0v) is 14.5. The Morgan fingerprint density at radius 2 is 1.81 bits per heavy atom. The predicted octanol–water partition coefficient (Wildman–Crippen LogP) is 1.71. The minimum atomic E-state index is -3.45. The number of nitrogens with zero attached hydrogens (tertiary/aromatic N) is 1. The van der Waals surface area contributed by atoms with Crippen LogP contribution in [0.25, 0.3) is 0 Å². The van der Waals surface area contributed by atoms with Gasteiger partial charge in [0, 0.05) is 25.2 Å². The fourth-order valence-electron chi connectivity index (χ4n) is 4.03. The third kappa shape index (κ3) is 3.78. The van der Waals surface area contributed by atoms with Gasteiger partial charge in [0.15, 0.2) is 0 Å². The molecule has 2 rings (SSSR count). The molecule has 0 aromatic carbocycles. The molecule has 1 heterocycles. The van der Waals surface area contributed by atoms with Crippen LogP contribution >= 0.6 is 0 Å². The average Bonchev–Trinajstić information content (AvgIpc) is 2.40. The Morgan fingerprint density at radius 1 is 1.19 bits per heavy atom. The maximum absolute atomic E-state index is 12.8. The van der Waals surface area contributed by atoms with Crippen LogP contribution in [0, 0.1) is 17.8 Å². The molecule has 1 saturated carbocycles. The molecule has 1 saturated heterocycles. The van der Waals surface area contributed by atoms with Gasteiger partial charge in [-0.05, 0) is 37.0 Å². The van der Waals surface area contributed by atoms with Crippen molar-refractivity contribution in [3.63, 3.8) is 0 Å². The summed E-state index contributed by atoms with van der Waals surface area (Å²) in [5.41, 5.74) is 5.52. The normalized spacial score (nSPS) is 39.3. The third-order valence-electron chi connectivity index (χ3n) is 5.33. The molecule has 0 aromatic heterocycles. The highest BCUT2D eigenvalue weighted by atomic mass is 32.2. The highest BCUT2D eigenvalue weighted by Gasteiger charge is 2.42. The highest BCUT2D eigenvalue weighted by molar-refractivity contribution is 7.87. The lowest BCUT2D eigenvalue weighted by atomic mass is 9.74. The zero-order chi connectivity index (χ0) is 15.7. The molecule has 0 aromatic rings. The van der Waals surface area contributed by atoms with Crippen LogP contribution in [0.3, 0.4) is 0 Å². The van der Waals surface area contributed by atoms with E-state index in [0.29, 0.717) is 37.4 Å². The van der Waals surface area contributed by atoms with Crippen molar-refractivity contribution >= 4 is 10.2 Å². The second kappa shape index (κ2) is 6.52. The first-order valence-electron chi connectivity index (χ1n) is 8.28. The molecule has 1 aliphatic carbocycles. The Morgan fingerprint density at radius 3 is 2.33 bits per heavy atom. The molecule has 4 atom stereocenters. The lowest BCUT2D eigenvalue weighted by Gasteiger charge is -2.44. The number of hydrogen-bond donors (Lipinski definition) is 2. The Labute approximate surface area is 129 Å². The lowest BCUT2D eigenvalue weighted by Crippen LogP contribution is -2.62. The monoisotopic (exact) mass is 317 g/mol. The summed E-state index contributed by atoms with van der Waals surface area (Å²) in [5, 5.41) is 0. The molecule has 0 bridgehead atoms. The van der Waals surface area contributed by atoms with Gasteiger partial charge in [-0.1, -0.05) is 33.6 Å². The summed E-state index contributed by atoms with van der Waals surface area (Å²) < 4.78 is 30.2. The van der Waals surface area contributed by atoms with Crippen LogP contribution < -0.4 is 10.5 Å². The van der Waals surface area contributed by atoms with Crippen LogP contribution in [0.1, 0.15) is 52.9 Å². The van der Waals surface area contributed by atoms with Crippen LogP contribution in [-0.2, 0) is 10.2 Å². The van der Waals surface area contributed by atoms with Gasteiger partial charge in [0.2, 0.25) is 0 Å². The molecule has 5 nitrogen and oxygen atoms in total. The van der Waals surface area contributed by atoms with E-state index < -0.39 is 15.7 Å². The first kappa shape index (κ1) is 17.2. The van der Waals surface area contributed by atoms with Gasteiger partial charge in [0.25, 0.3) is 10.2 Å². The molecule has 1 aliphatic heterocycles. The average molecular weight is 317 g/mol. The molecule has 6 heteroatoms. The molecular formula is C15H31N3O2S. The van der Waals surface area contributed by atoms with Crippen molar-refractivity contribution in [3.05, 3.63) is 0 Å². The predicted molar refractivity (Wildman–Crippen MR) is 86.0 cm³/mol. The number of piperidine rings is 1. The molecule has 4 unspecified atom stereocenters. The Bertz CT molecular complexity index is 444. The van der Waals surface area contributed by atoms with Gasteiger partial charge in [0.05, 0.1) is 0 Å². The smallest absolute Gasteiger partial charge is 0.280 e. The van der Waals surface area contributed by atoms with Crippen molar-refractivity contribution in [1.29, 1.82) is 0 Å². The summed E-state index contributed by atoms with van der Waals surface area (Å²) in [7, 11) is -3.45. The van der Waals surface area contributed by atoms with E-state index in [1.807, 2.05) is 0 Å². The number of hydrogen-bond acceptors (Lipinski definition) is 3. The fourth-order valence-corrected chi connectivity index (χ4v) is 5.96. The second-order valence-electron chi connectivity index (χ2n) is 7.38. The largest absolute Gasteiger partial charge is 0.329 e. The van der Waals surface area contributed by atoms with Crippen LogP contribution in [0.15, 0.2) is 0 Å². The van der Waals surface area contributed by atoms with Crippen molar-refractivity contribution in [2.75, 3.05) is 19.6 Å². The lowest BCUT2D eigenvalue weighted by molar-refractivity contribution is 0.177. The van der Waals surface area contributed by atoms with Gasteiger partial charge in [-0.15, -0.1) is 0 Å². The molecule has 0 spiro atoms. The second-order valence-corrected chi connectivity index (χ2v) is 9.05. The number of rotatable bonds is 4. The molecule has 2 fully saturated rings. The minimum absolute atomic E-state index is 0.297. The van der Waals surface area contributed by atoms with Gasteiger partial charge in [-0.3, -0.25) is 0 Å². The van der Waals surface area contributed by atoms with E-state index in [1.165, 1.54) is 6.42 Å². The molecular weight excluding hydrogens is 286 g/mol. The summed E-state index contributed by atoms with van der Waals surface area (Å²) in [4.78, 5) is 0.